The molecule has 1 N–H and O–H groups in total. The van der Waals surface area contributed by atoms with E-state index in [1.807, 2.05) is 79.5 Å². The van der Waals surface area contributed by atoms with E-state index < -0.39 is 0 Å². The minimum absolute atomic E-state index is 0.0242. The lowest BCUT2D eigenvalue weighted by atomic mass is 10.1. The van der Waals surface area contributed by atoms with Crippen molar-refractivity contribution in [3.8, 4) is 5.69 Å². The van der Waals surface area contributed by atoms with Gasteiger partial charge in [-0.3, -0.25) is 4.79 Å². The number of carbonyl (C=O) groups excluding carboxylic acids is 1. The summed E-state index contributed by atoms with van der Waals surface area (Å²) in [5.74, 6) is 0.0242. The van der Waals surface area contributed by atoms with Crippen LogP contribution in [0.2, 0.25) is 0 Å². The molecule has 1 amide bonds. The van der Waals surface area contributed by atoms with Crippen molar-refractivity contribution >= 4 is 11.6 Å². The molecule has 0 aliphatic heterocycles. The first kappa shape index (κ1) is 16.0. The molecule has 0 fully saturated rings. The summed E-state index contributed by atoms with van der Waals surface area (Å²) in [5, 5.41) is 7.35. The topological polar surface area (TPSA) is 46.9 Å². The Morgan fingerprint density at radius 2 is 1.88 bits per heavy atom. The molecule has 0 aliphatic rings. The molecule has 3 rings (SSSR count). The van der Waals surface area contributed by atoms with Crippen LogP contribution in [0, 0.1) is 13.8 Å². The molecule has 1 heterocycles. The van der Waals surface area contributed by atoms with E-state index in [0.717, 1.165) is 22.5 Å². The first-order valence-corrected chi connectivity index (χ1v) is 8.08. The second-order valence-electron chi connectivity index (χ2n) is 5.92. The number of nitrogens with zero attached hydrogens (tertiary/aromatic N) is 2. The molecule has 4 nitrogen and oxygen atoms in total. The van der Waals surface area contributed by atoms with Gasteiger partial charge in [0.05, 0.1) is 11.9 Å². The van der Waals surface area contributed by atoms with Crippen molar-refractivity contribution in [1.82, 2.24) is 9.78 Å². The number of amides is 1. The third-order valence-electron chi connectivity index (χ3n) is 4.18. The Hall–Kier alpha value is -2.88. The van der Waals surface area contributed by atoms with Gasteiger partial charge in [0.1, 0.15) is 0 Å². The smallest absolute Gasteiger partial charge is 0.224 e. The maximum atomic E-state index is 12.2. The number of hydrogen-bond donors (Lipinski definition) is 1. The SMILES string of the molecule is Cc1cccc(NC(=O)CCc2cnn(-c3ccccc3)c2)c1C. The Kier molecular flexibility index (Phi) is 4.75. The molecule has 0 atom stereocenters. The Labute approximate surface area is 142 Å². The molecule has 1 aromatic heterocycles. The normalized spacial score (nSPS) is 10.6. The largest absolute Gasteiger partial charge is 0.326 e. The van der Waals surface area contributed by atoms with Crippen LogP contribution in [0.15, 0.2) is 60.9 Å². The fourth-order valence-corrected chi connectivity index (χ4v) is 2.57. The number of para-hydroxylation sites is 1. The van der Waals surface area contributed by atoms with E-state index in [4.69, 9.17) is 0 Å². The van der Waals surface area contributed by atoms with Gasteiger partial charge in [0.15, 0.2) is 0 Å². The molecule has 0 aliphatic carbocycles. The van der Waals surface area contributed by atoms with Gasteiger partial charge in [-0.05, 0) is 55.2 Å². The van der Waals surface area contributed by atoms with E-state index in [1.54, 1.807) is 0 Å². The summed E-state index contributed by atoms with van der Waals surface area (Å²) in [6.07, 6.45) is 4.90. The number of rotatable bonds is 5. The van der Waals surface area contributed by atoms with E-state index in [9.17, 15) is 4.79 Å². The maximum absolute atomic E-state index is 12.2. The van der Waals surface area contributed by atoms with E-state index >= 15 is 0 Å². The van der Waals surface area contributed by atoms with E-state index in [0.29, 0.717) is 12.8 Å². The molecular weight excluding hydrogens is 298 g/mol. The van der Waals surface area contributed by atoms with Crippen LogP contribution in [0.25, 0.3) is 5.69 Å². The minimum Gasteiger partial charge on any atom is -0.326 e. The van der Waals surface area contributed by atoms with Crippen molar-refractivity contribution in [2.75, 3.05) is 5.32 Å². The standard InChI is InChI=1S/C20H21N3O/c1-15-7-6-10-19(16(15)2)22-20(24)12-11-17-13-21-23(14-17)18-8-4-3-5-9-18/h3-10,13-14H,11-12H2,1-2H3,(H,22,24). The monoisotopic (exact) mass is 319 g/mol. The van der Waals surface area contributed by atoms with Crippen molar-refractivity contribution in [1.29, 1.82) is 0 Å². The van der Waals surface area contributed by atoms with Gasteiger partial charge < -0.3 is 5.32 Å². The first-order chi connectivity index (χ1) is 11.6. The molecule has 0 saturated carbocycles. The summed E-state index contributed by atoms with van der Waals surface area (Å²) in [7, 11) is 0. The van der Waals surface area contributed by atoms with Gasteiger partial charge in [-0.1, -0.05) is 30.3 Å². The van der Waals surface area contributed by atoms with Crippen molar-refractivity contribution in [3.63, 3.8) is 0 Å². The van der Waals surface area contributed by atoms with Crippen LogP contribution in [0.5, 0.6) is 0 Å². The molecule has 0 bridgehead atoms. The van der Waals surface area contributed by atoms with Gasteiger partial charge in [0.25, 0.3) is 0 Å². The number of aryl methyl sites for hydroxylation is 2. The zero-order chi connectivity index (χ0) is 16.9. The van der Waals surface area contributed by atoms with Crippen molar-refractivity contribution < 1.29 is 4.79 Å². The number of aromatic nitrogens is 2. The van der Waals surface area contributed by atoms with Gasteiger partial charge in [-0.2, -0.15) is 5.10 Å². The van der Waals surface area contributed by atoms with Crippen LogP contribution in [0.1, 0.15) is 23.1 Å². The number of hydrogen-bond acceptors (Lipinski definition) is 2. The van der Waals surface area contributed by atoms with Gasteiger partial charge >= 0.3 is 0 Å². The molecule has 3 aromatic rings. The van der Waals surface area contributed by atoms with Crippen LogP contribution < -0.4 is 5.32 Å². The Bertz CT molecular complexity index is 837. The average molecular weight is 319 g/mol. The zero-order valence-corrected chi connectivity index (χ0v) is 14.0. The van der Waals surface area contributed by atoms with Crippen LogP contribution in [-0.4, -0.2) is 15.7 Å². The maximum Gasteiger partial charge on any atom is 0.224 e. The highest BCUT2D eigenvalue weighted by Gasteiger charge is 2.08. The van der Waals surface area contributed by atoms with Crippen LogP contribution in [0.4, 0.5) is 5.69 Å². The molecule has 122 valence electrons. The lowest BCUT2D eigenvalue weighted by molar-refractivity contribution is -0.116. The van der Waals surface area contributed by atoms with Gasteiger partial charge in [0, 0.05) is 18.3 Å². The predicted octanol–water partition coefficient (Wildman–Crippen LogP) is 4.06. The third-order valence-corrected chi connectivity index (χ3v) is 4.18. The summed E-state index contributed by atoms with van der Waals surface area (Å²) in [5.41, 5.74) is 5.25. The Morgan fingerprint density at radius 3 is 2.67 bits per heavy atom. The van der Waals surface area contributed by atoms with Gasteiger partial charge in [0.2, 0.25) is 5.91 Å². The number of anilines is 1. The molecule has 4 heteroatoms. The lowest BCUT2D eigenvalue weighted by Crippen LogP contribution is -2.13. The summed E-state index contributed by atoms with van der Waals surface area (Å²) in [6.45, 7) is 4.07. The first-order valence-electron chi connectivity index (χ1n) is 8.08. The van der Waals surface area contributed by atoms with Crippen LogP contribution in [0.3, 0.4) is 0 Å². The van der Waals surface area contributed by atoms with Crippen molar-refractivity contribution in [2.45, 2.75) is 26.7 Å². The van der Waals surface area contributed by atoms with Crippen LogP contribution in [-0.2, 0) is 11.2 Å². The summed E-state index contributed by atoms with van der Waals surface area (Å²) < 4.78 is 1.83. The quantitative estimate of drug-likeness (QED) is 0.771. The van der Waals surface area contributed by atoms with Gasteiger partial charge in [-0.15, -0.1) is 0 Å². The fourth-order valence-electron chi connectivity index (χ4n) is 2.57. The fraction of sp³-hybridized carbons (Fsp3) is 0.200. The highest BCUT2D eigenvalue weighted by Crippen LogP contribution is 2.18. The van der Waals surface area contributed by atoms with E-state index in [1.165, 1.54) is 5.56 Å². The molecule has 0 spiro atoms. The number of benzene rings is 2. The predicted molar refractivity (Wildman–Crippen MR) is 96.4 cm³/mol. The molecular formula is C20H21N3O. The highest BCUT2D eigenvalue weighted by molar-refractivity contribution is 5.91. The molecule has 0 radical (unpaired) electrons. The van der Waals surface area contributed by atoms with Crippen molar-refractivity contribution in [2.24, 2.45) is 0 Å². The third kappa shape index (κ3) is 3.71. The highest BCUT2D eigenvalue weighted by atomic mass is 16.1. The average Bonchev–Trinajstić information content (AvgIpc) is 3.07. The summed E-state index contributed by atoms with van der Waals surface area (Å²) in [6, 6.07) is 15.9. The van der Waals surface area contributed by atoms with E-state index in [2.05, 4.69) is 10.4 Å². The summed E-state index contributed by atoms with van der Waals surface area (Å²) in [4.78, 5) is 12.2. The molecule has 0 unspecified atom stereocenters. The number of carbonyl (C=O) groups is 1. The minimum atomic E-state index is 0.0242. The number of nitrogens with one attached hydrogen (secondary N) is 1. The van der Waals surface area contributed by atoms with Gasteiger partial charge in [-0.25, -0.2) is 4.68 Å². The molecule has 24 heavy (non-hydrogen) atoms. The Morgan fingerprint density at radius 1 is 1.08 bits per heavy atom. The molecule has 2 aromatic carbocycles. The zero-order valence-electron chi connectivity index (χ0n) is 14.0. The molecule has 0 saturated heterocycles. The second kappa shape index (κ2) is 7.13. The lowest BCUT2D eigenvalue weighted by Gasteiger charge is -2.10. The summed E-state index contributed by atoms with van der Waals surface area (Å²) >= 11 is 0. The van der Waals surface area contributed by atoms with Crippen LogP contribution >= 0.6 is 0 Å². The second-order valence-corrected chi connectivity index (χ2v) is 5.92. The Balaban J connectivity index is 1.59. The van der Waals surface area contributed by atoms with Crippen molar-refractivity contribution in [3.05, 3.63) is 77.6 Å². The van der Waals surface area contributed by atoms with E-state index in [-0.39, 0.29) is 5.91 Å².